The molecule has 1 atom stereocenters. The topological polar surface area (TPSA) is 79.7 Å². The Morgan fingerprint density at radius 2 is 1.96 bits per heavy atom. The van der Waals surface area contributed by atoms with E-state index in [9.17, 15) is 9.59 Å². The highest BCUT2D eigenvalue weighted by Crippen LogP contribution is 2.25. The van der Waals surface area contributed by atoms with E-state index in [0.29, 0.717) is 22.2 Å². The summed E-state index contributed by atoms with van der Waals surface area (Å²) in [5, 5.41) is 4.54. The van der Waals surface area contributed by atoms with E-state index in [1.165, 1.54) is 6.21 Å². The van der Waals surface area contributed by atoms with Crippen LogP contribution < -0.4 is 20.9 Å². The van der Waals surface area contributed by atoms with Crippen molar-refractivity contribution in [2.45, 2.75) is 26.4 Å². The number of benzene rings is 2. The Balaban J connectivity index is 2.06. The van der Waals surface area contributed by atoms with Crippen molar-refractivity contribution >= 4 is 22.8 Å². The number of hydrogen-bond acceptors (Lipinski definition) is 5. The second kappa shape index (κ2) is 8.12. The number of para-hydroxylation sites is 1. The van der Waals surface area contributed by atoms with E-state index in [0.717, 1.165) is 16.8 Å². The van der Waals surface area contributed by atoms with Crippen LogP contribution in [0.3, 0.4) is 0 Å². The number of nitrogens with zero attached hydrogens (tertiary/aromatic N) is 3. The molecule has 1 N–H and O–H groups in total. The predicted octanol–water partition coefficient (Wildman–Crippen LogP) is 2.82. The highest BCUT2D eigenvalue weighted by molar-refractivity contribution is 5.85. The molecule has 0 fully saturated rings. The molecular formula is C21H24N4O3. The van der Waals surface area contributed by atoms with Crippen molar-refractivity contribution in [1.82, 2.24) is 9.66 Å². The number of aromatic amines is 1. The van der Waals surface area contributed by atoms with Gasteiger partial charge in [-0.1, -0.05) is 19.1 Å². The quantitative estimate of drug-likeness (QED) is 0.667. The summed E-state index contributed by atoms with van der Waals surface area (Å²) in [5.41, 5.74) is 1.10. The van der Waals surface area contributed by atoms with Gasteiger partial charge in [-0.2, -0.15) is 5.10 Å². The normalized spacial score (nSPS) is 12.4. The lowest BCUT2D eigenvalue weighted by atomic mass is 10.2. The highest BCUT2D eigenvalue weighted by atomic mass is 16.5. The Hall–Kier alpha value is -3.35. The van der Waals surface area contributed by atoms with Crippen molar-refractivity contribution < 1.29 is 4.74 Å². The van der Waals surface area contributed by atoms with Gasteiger partial charge in [-0.3, -0.25) is 4.79 Å². The Labute approximate surface area is 162 Å². The third-order valence-electron chi connectivity index (χ3n) is 4.51. The summed E-state index contributed by atoms with van der Waals surface area (Å²) >= 11 is 0. The predicted molar refractivity (Wildman–Crippen MR) is 113 cm³/mol. The largest absolute Gasteiger partial charge is 0.490 e. The van der Waals surface area contributed by atoms with Crippen LogP contribution in [0.1, 0.15) is 25.8 Å². The van der Waals surface area contributed by atoms with Gasteiger partial charge in [0.1, 0.15) is 5.75 Å². The monoisotopic (exact) mass is 380 g/mol. The maximum Gasteiger partial charge on any atom is 0.349 e. The van der Waals surface area contributed by atoms with Crippen molar-refractivity contribution in [3.63, 3.8) is 0 Å². The van der Waals surface area contributed by atoms with Gasteiger partial charge in [-0.25, -0.2) is 4.79 Å². The van der Waals surface area contributed by atoms with Crippen molar-refractivity contribution in [2.24, 2.45) is 5.10 Å². The molecule has 1 unspecified atom stereocenters. The minimum atomic E-state index is -0.589. The van der Waals surface area contributed by atoms with Crippen molar-refractivity contribution in [3.05, 3.63) is 68.9 Å². The van der Waals surface area contributed by atoms with Crippen LogP contribution in [0.25, 0.3) is 10.9 Å². The molecule has 1 heterocycles. The molecule has 0 aliphatic rings. The first-order valence-electron chi connectivity index (χ1n) is 9.17. The maximum absolute atomic E-state index is 12.6. The fourth-order valence-electron chi connectivity index (χ4n) is 2.69. The zero-order valence-corrected chi connectivity index (χ0v) is 16.5. The van der Waals surface area contributed by atoms with E-state index in [-0.39, 0.29) is 6.10 Å². The van der Waals surface area contributed by atoms with Crippen LogP contribution in [0.4, 0.5) is 5.69 Å². The molecule has 0 bridgehead atoms. The Morgan fingerprint density at radius 3 is 2.68 bits per heavy atom. The summed E-state index contributed by atoms with van der Waals surface area (Å²) in [5.74, 6) is 0.648. The molecule has 0 amide bonds. The third kappa shape index (κ3) is 3.98. The number of H-pyrrole nitrogens is 1. The number of rotatable bonds is 6. The van der Waals surface area contributed by atoms with Gasteiger partial charge in [-0.05, 0) is 37.6 Å². The maximum atomic E-state index is 12.6. The fourth-order valence-corrected chi connectivity index (χ4v) is 2.69. The number of aromatic nitrogens is 2. The van der Waals surface area contributed by atoms with Gasteiger partial charge in [-0.15, -0.1) is 4.68 Å². The van der Waals surface area contributed by atoms with E-state index in [1.807, 2.05) is 51.0 Å². The summed E-state index contributed by atoms with van der Waals surface area (Å²) in [7, 11) is 3.90. The number of ether oxygens (including phenoxy) is 1. The molecule has 0 radical (unpaired) electrons. The molecule has 0 saturated carbocycles. The molecule has 0 saturated heterocycles. The summed E-state index contributed by atoms with van der Waals surface area (Å²) in [6.07, 6.45) is 2.35. The molecule has 0 spiro atoms. The van der Waals surface area contributed by atoms with Crippen molar-refractivity contribution in [1.29, 1.82) is 0 Å². The van der Waals surface area contributed by atoms with E-state index >= 15 is 0 Å². The van der Waals surface area contributed by atoms with Crippen molar-refractivity contribution in [2.75, 3.05) is 19.0 Å². The lowest BCUT2D eigenvalue weighted by Crippen LogP contribution is -2.32. The SMILES string of the molecule is CCC(C)Oc1cc(N(C)C)ccc1C=Nn1c(=O)[nH]c2ccccc2c1=O. The van der Waals surface area contributed by atoms with E-state index in [2.05, 4.69) is 10.1 Å². The van der Waals surface area contributed by atoms with Gasteiger partial charge < -0.3 is 14.6 Å². The second-order valence-corrected chi connectivity index (χ2v) is 6.79. The lowest BCUT2D eigenvalue weighted by molar-refractivity contribution is 0.217. The molecule has 3 aromatic rings. The number of nitrogens with one attached hydrogen (secondary N) is 1. The molecule has 2 aromatic carbocycles. The third-order valence-corrected chi connectivity index (χ3v) is 4.51. The van der Waals surface area contributed by atoms with Gasteiger partial charge in [0.15, 0.2) is 0 Å². The fraction of sp³-hybridized carbons (Fsp3) is 0.286. The molecule has 7 nitrogen and oxygen atoms in total. The Bertz CT molecular complexity index is 1130. The second-order valence-electron chi connectivity index (χ2n) is 6.79. The molecule has 146 valence electrons. The first kappa shape index (κ1) is 19.4. The molecule has 7 heteroatoms. The Kier molecular flexibility index (Phi) is 5.63. The van der Waals surface area contributed by atoms with Crippen LogP contribution in [-0.2, 0) is 0 Å². The highest BCUT2D eigenvalue weighted by Gasteiger charge is 2.10. The molecular weight excluding hydrogens is 356 g/mol. The van der Waals surface area contributed by atoms with Gasteiger partial charge in [0.25, 0.3) is 5.56 Å². The zero-order chi connectivity index (χ0) is 20.3. The number of hydrogen-bond donors (Lipinski definition) is 1. The average molecular weight is 380 g/mol. The van der Waals surface area contributed by atoms with Crippen LogP contribution in [0, 0.1) is 0 Å². The standard InChI is InChI=1S/C21H24N4O3/c1-5-14(2)28-19-12-16(24(3)4)11-10-15(19)13-22-25-20(26)17-8-6-7-9-18(17)23-21(25)27/h6-14H,5H2,1-4H3,(H,23,27). The minimum Gasteiger partial charge on any atom is -0.490 e. The van der Waals surface area contributed by atoms with Crippen LogP contribution in [0.15, 0.2) is 57.2 Å². The molecule has 28 heavy (non-hydrogen) atoms. The molecule has 1 aromatic heterocycles. The lowest BCUT2D eigenvalue weighted by Gasteiger charge is -2.18. The average Bonchev–Trinajstić information content (AvgIpc) is 2.68. The van der Waals surface area contributed by atoms with Crippen LogP contribution >= 0.6 is 0 Å². The number of fused-ring (bicyclic) bond motifs is 1. The first-order chi connectivity index (χ1) is 13.4. The van der Waals surface area contributed by atoms with Gasteiger partial charge in [0, 0.05) is 31.4 Å². The van der Waals surface area contributed by atoms with E-state index < -0.39 is 11.2 Å². The molecule has 0 aliphatic heterocycles. The van der Waals surface area contributed by atoms with Crippen LogP contribution in [0.2, 0.25) is 0 Å². The van der Waals surface area contributed by atoms with E-state index in [1.54, 1.807) is 24.3 Å². The Morgan fingerprint density at radius 1 is 1.21 bits per heavy atom. The summed E-state index contributed by atoms with van der Waals surface area (Å²) < 4.78 is 6.84. The molecule has 0 aliphatic carbocycles. The van der Waals surface area contributed by atoms with Crippen LogP contribution in [-0.4, -0.2) is 36.1 Å². The van der Waals surface area contributed by atoms with Gasteiger partial charge >= 0.3 is 5.69 Å². The summed E-state index contributed by atoms with van der Waals surface area (Å²) in [6, 6.07) is 12.5. The smallest absolute Gasteiger partial charge is 0.349 e. The molecule has 3 rings (SSSR count). The van der Waals surface area contributed by atoms with Crippen molar-refractivity contribution in [3.8, 4) is 5.75 Å². The van der Waals surface area contributed by atoms with Gasteiger partial charge in [0.05, 0.1) is 23.2 Å². The van der Waals surface area contributed by atoms with Gasteiger partial charge in [0.2, 0.25) is 0 Å². The zero-order valence-electron chi connectivity index (χ0n) is 16.5. The number of anilines is 1. The van der Waals surface area contributed by atoms with Crippen LogP contribution in [0.5, 0.6) is 5.75 Å². The summed E-state index contributed by atoms with van der Waals surface area (Å²) in [6.45, 7) is 4.03. The van der Waals surface area contributed by atoms with E-state index in [4.69, 9.17) is 4.74 Å². The minimum absolute atomic E-state index is 0.0244. The first-order valence-corrected chi connectivity index (χ1v) is 9.17. The summed E-state index contributed by atoms with van der Waals surface area (Å²) in [4.78, 5) is 29.5.